The van der Waals surface area contributed by atoms with Crippen molar-refractivity contribution in [3.63, 3.8) is 0 Å². The van der Waals surface area contributed by atoms with Crippen LogP contribution in [0.4, 0.5) is 0 Å². The number of rotatable bonds is 10. The molecular weight excluding hydrogens is 286 g/mol. The molecule has 1 aromatic rings. The first-order chi connectivity index (χ1) is 10.0. The zero-order valence-electron chi connectivity index (χ0n) is 13.4. The molecule has 0 aliphatic rings. The van der Waals surface area contributed by atoms with Gasteiger partial charge in [-0.3, -0.25) is 4.79 Å². The molecule has 0 saturated heterocycles. The van der Waals surface area contributed by atoms with E-state index in [1.54, 1.807) is 0 Å². The van der Waals surface area contributed by atoms with Gasteiger partial charge in [0.1, 0.15) is 0 Å². The molecule has 0 saturated carbocycles. The molecule has 0 aromatic carbocycles. The summed E-state index contributed by atoms with van der Waals surface area (Å²) in [7, 11) is 4.16. The summed E-state index contributed by atoms with van der Waals surface area (Å²) < 4.78 is 0. The van der Waals surface area contributed by atoms with E-state index >= 15 is 0 Å². The SMILES string of the molecule is CCCCCCCc1c(O)nc(SCC[NH+](C)C)[nH]c1=O. The summed E-state index contributed by atoms with van der Waals surface area (Å²) in [5.41, 5.74) is 0.228. The predicted molar refractivity (Wildman–Crippen MR) is 87.4 cm³/mol. The van der Waals surface area contributed by atoms with E-state index in [4.69, 9.17) is 0 Å². The van der Waals surface area contributed by atoms with E-state index in [0.29, 0.717) is 17.1 Å². The van der Waals surface area contributed by atoms with Gasteiger partial charge in [-0.15, -0.1) is 0 Å². The zero-order valence-corrected chi connectivity index (χ0v) is 14.2. The van der Waals surface area contributed by atoms with Crippen molar-refractivity contribution < 1.29 is 10.0 Å². The highest BCUT2D eigenvalue weighted by molar-refractivity contribution is 7.99. The van der Waals surface area contributed by atoms with E-state index < -0.39 is 0 Å². The van der Waals surface area contributed by atoms with Crippen LogP contribution in [0.1, 0.15) is 44.6 Å². The van der Waals surface area contributed by atoms with Crippen LogP contribution in [0.25, 0.3) is 0 Å². The Morgan fingerprint density at radius 1 is 1.24 bits per heavy atom. The maximum atomic E-state index is 12.0. The smallest absolute Gasteiger partial charge is 0.258 e. The Hall–Kier alpha value is -1.01. The minimum Gasteiger partial charge on any atom is -0.493 e. The molecule has 0 bridgehead atoms. The molecule has 0 aliphatic carbocycles. The minimum absolute atomic E-state index is 0.103. The van der Waals surface area contributed by atoms with Crippen LogP contribution in [0, 0.1) is 0 Å². The Labute approximate surface area is 131 Å². The molecule has 6 heteroatoms. The summed E-state index contributed by atoms with van der Waals surface area (Å²) in [6, 6.07) is 0. The van der Waals surface area contributed by atoms with Crippen LogP contribution in [0.15, 0.2) is 9.95 Å². The van der Waals surface area contributed by atoms with Gasteiger partial charge in [-0.25, -0.2) is 0 Å². The molecule has 0 fully saturated rings. The molecule has 0 aliphatic heterocycles. The summed E-state index contributed by atoms with van der Waals surface area (Å²) in [5, 5.41) is 10.4. The maximum Gasteiger partial charge on any atom is 0.258 e. The van der Waals surface area contributed by atoms with Gasteiger partial charge in [0.25, 0.3) is 5.56 Å². The van der Waals surface area contributed by atoms with Crippen molar-refractivity contribution in [2.24, 2.45) is 0 Å². The van der Waals surface area contributed by atoms with Crippen molar-refractivity contribution >= 4 is 11.8 Å². The Morgan fingerprint density at radius 2 is 1.95 bits per heavy atom. The highest BCUT2D eigenvalue weighted by Gasteiger charge is 2.11. The number of nitrogens with one attached hydrogen (secondary N) is 2. The van der Waals surface area contributed by atoms with Crippen molar-refractivity contribution in [3.05, 3.63) is 15.9 Å². The number of quaternary nitrogens is 1. The van der Waals surface area contributed by atoms with E-state index in [1.165, 1.54) is 35.9 Å². The maximum absolute atomic E-state index is 12.0. The molecule has 5 nitrogen and oxygen atoms in total. The average molecular weight is 314 g/mol. The van der Waals surface area contributed by atoms with Crippen molar-refractivity contribution in [1.82, 2.24) is 9.97 Å². The summed E-state index contributed by atoms with van der Waals surface area (Å²) in [6.45, 7) is 3.16. The second kappa shape index (κ2) is 9.84. The molecule has 21 heavy (non-hydrogen) atoms. The molecule has 3 N–H and O–H groups in total. The summed E-state index contributed by atoms with van der Waals surface area (Å²) in [5.74, 6) is 0.759. The van der Waals surface area contributed by atoms with E-state index in [0.717, 1.165) is 25.1 Å². The number of unbranched alkanes of at least 4 members (excludes halogenated alkanes) is 4. The molecular formula is C15H28N3O2S+. The van der Waals surface area contributed by atoms with Gasteiger partial charge in [0.05, 0.1) is 32.0 Å². The van der Waals surface area contributed by atoms with E-state index in [1.807, 2.05) is 0 Å². The molecule has 120 valence electrons. The van der Waals surface area contributed by atoms with Crippen LogP contribution in [0.2, 0.25) is 0 Å². The Balaban J connectivity index is 2.53. The summed E-state index contributed by atoms with van der Waals surface area (Å²) in [6.07, 6.45) is 6.23. The quantitative estimate of drug-likeness (QED) is 0.345. The van der Waals surface area contributed by atoms with Crippen LogP contribution in [-0.2, 0) is 6.42 Å². The van der Waals surface area contributed by atoms with Crippen molar-refractivity contribution in [2.45, 2.75) is 50.6 Å². The molecule has 0 unspecified atom stereocenters. The standard InChI is InChI=1S/C15H27N3O2S/c1-4-5-6-7-8-9-12-13(19)16-15(17-14(12)20)21-11-10-18(2)3/h4-11H2,1-3H3,(H2,16,17,19,20)/p+1. The third-order valence-corrected chi connectivity index (χ3v) is 4.22. The molecule has 1 heterocycles. The second-order valence-electron chi connectivity index (χ2n) is 5.64. The van der Waals surface area contributed by atoms with Crippen LogP contribution < -0.4 is 10.5 Å². The fourth-order valence-electron chi connectivity index (χ4n) is 2.02. The van der Waals surface area contributed by atoms with Gasteiger partial charge < -0.3 is 15.0 Å². The van der Waals surface area contributed by atoms with Gasteiger partial charge in [-0.05, 0) is 12.8 Å². The Kier molecular flexibility index (Phi) is 8.45. The normalized spacial score (nSPS) is 11.2. The monoisotopic (exact) mass is 314 g/mol. The van der Waals surface area contributed by atoms with Gasteiger partial charge >= 0.3 is 0 Å². The average Bonchev–Trinajstić information content (AvgIpc) is 2.40. The highest BCUT2D eigenvalue weighted by Crippen LogP contribution is 2.17. The largest absolute Gasteiger partial charge is 0.493 e. The summed E-state index contributed by atoms with van der Waals surface area (Å²) >= 11 is 1.47. The van der Waals surface area contributed by atoms with Gasteiger partial charge in [0.2, 0.25) is 5.88 Å². The van der Waals surface area contributed by atoms with E-state index in [9.17, 15) is 9.90 Å². The lowest BCUT2D eigenvalue weighted by Crippen LogP contribution is -3.06. The number of aromatic nitrogens is 2. The van der Waals surface area contributed by atoms with Gasteiger partial charge in [-0.1, -0.05) is 44.4 Å². The molecule has 0 radical (unpaired) electrons. The number of aromatic amines is 1. The highest BCUT2D eigenvalue weighted by atomic mass is 32.2. The number of H-pyrrole nitrogens is 1. The second-order valence-corrected chi connectivity index (χ2v) is 6.73. The van der Waals surface area contributed by atoms with E-state index in [-0.39, 0.29) is 11.4 Å². The Morgan fingerprint density at radius 3 is 2.57 bits per heavy atom. The number of hydrogen-bond acceptors (Lipinski definition) is 4. The van der Waals surface area contributed by atoms with Crippen molar-refractivity contribution in [2.75, 3.05) is 26.4 Å². The first-order valence-corrected chi connectivity index (χ1v) is 8.77. The van der Waals surface area contributed by atoms with E-state index in [2.05, 4.69) is 31.0 Å². The van der Waals surface area contributed by atoms with Crippen molar-refractivity contribution in [3.8, 4) is 5.88 Å². The molecule has 0 amide bonds. The third-order valence-electron chi connectivity index (χ3n) is 3.34. The lowest BCUT2D eigenvalue weighted by Gasteiger charge is -2.07. The van der Waals surface area contributed by atoms with Crippen molar-refractivity contribution in [1.29, 1.82) is 0 Å². The lowest BCUT2D eigenvalue weighted by molar-refractivity contribution is -0.855. The third kappa shape index (κ3) is 7.00. The summed E-state index contributed by atoms with van der Waals surface area (Å²) in [4.78, 5) is 20.2. The molecule has 0 spiro atoms. The number of hydrogen-bond donors (Lipinski definition) is 3. The first kappa shape index (κ1) is 18.0. The molecule has 1 aromatic heterocycles. The van der Waals surface area contributed by atoms with Crippen LogP contribution in [-0.4, -0.2) is 41.5 Å². The topological polar surface area (TPSA) is 70.4 Å². The van der Waals surface area contributed by atoms with Gasteiger partial charge in [0.15, 0.2) is 5.16 Å². The van der Waals surface area contributed by atoms with Crippen LogP contribution in [0.3, 0.4) is 0 Å². The van der Waals surface area contributed by atoms with Crippen LogP contribution in [0.5, 0.6) is 5.88 Å². The number of nitrogens with zero attached hydrogens (tertiary/aromatic N) is 1. The molecule has 0 atom stereocenters. The zero-order chi connectivity index (χ0) is 15.7. The predicted octanol–water partition coefficient (Wildman–Crippen LogP) is 1.23. The fourth-order valence-corrected chi connectivity index (χ4v) is 3.04. The molecule has 1 rings (SSSR count). The Bertz CT molecular complexity index is 474. The first-order valence-electron chi connectivity index (χ1n) is 7.78. The van der Waals surface area contributed by atoms with Gasteiger partial charge in [-0.2, -0.15) is 4.98 Å². The number of aromatic hydroxyl groups is 1. The van der Waals surface area contributed by atoms with Gasteiger partial charge in [0, 0.05) is 0 Å². The fraction of sp³-hybridized carbons (Fsp3) is 0.733. The minimum atomic E-state index is -0.197. The lowest BCUT2D eigenvalue weighted by atomic mass is 10.1. The van der Waals surface area contributed by atoms with Crippen LogP contribution >= 0.6 is 11.8 Å². The number of thioether (sulfide) groups is 1.